The Balaban J connectivity index is 1.69. The molecule has 0 bridgehead atoms. The van der Waals surface area contributed by atoms with Crippen LogP contribution < -0.4 is 4.90 Å². The highest BCUT2D eigenvalue weighted by molar-refractivity contribution is 6.75. The molecule has 6 nitrogen and oxygen atoms in total. The van der Waals surface area contributed by atoms with Crippen molar-refractivity contribution >= 4 is 35.0 Å². The number of anilines is 1. The number of nitrogens with zero attached hydrogens (tertiary/aromatic N) is 4. The molecular formula is C18H12N4O2. The van der Waals surface area contributed by atoms with E-state index < -0.39 is 11.9 Å². The number of carbonyl (C=O) groups is 2. The molecule has 0 spiro atoms. The summed E-state index contributed by atoms with van der Waals surface area (Å²) in [6, 6.07) is 16.4. The Kier molecular flexibility index (Phi) is 3.16. The van der Waals surface area contributed by atoms with Gasteiger partial charge in [0.25, 0.3) is 5.91 Å². The molecule has 24 heavy (non-hydrogen) atoms. The van der Waals surface area contributed by atoms with Crippen LogP contribution in [-0.2, 0) is 4.79 Å². The Morgan fingerprint density at radius 3 is 2.17 bits per heavy atom. The van der Waals surface area contributed by atoms with E-state index in [2.05, 4.69) is 15.0 Å². The fourth-order valence-electron chi connectivity index (χ4n) is 2.66. The molecule has 6 heteroatoms. The van der Waals surface area contributed by atoms with Gasteiger partial charge in [-0.3, -0.25) is 4.79 Å². The summed E-state index contributed by atoms with van der Waals surface area (Å²) in [6.45, 7) is 1.66. The normalized spacial score (nSPS) is 16.5. The van der Waals surface area contributed by atoms with Crippen molar-refractivity contribution in [2.75, 3.05) is 4.90 Å². The van der Waals surface area contributed by atoms with Crippen molar-refractivity contribution in [3.8, 4) is 11.1 Å². The van der Waals surface area contributed by atoms with E-state index in [-0.39, 0.29) is 11.5 Å². The largest absolute Gasteiger partial charge is 0.357 e. The van der Waals surface area contributed by atoms with Crippen molar-refractivity contribution in [1.29, 1.82) is 0 Å². The lowest BCUT2D eigenvalue weighted by Crippen LogP contribution is -2.46. The van der Waals surface area contributed by atoms with Gasteiger partial charge in [0.15, 0.2) is 11.5 Å². The number of urea groups is 1. The summed E-state index contributed by atoms with van der Waals surface area (Å²) in [7, 11) is 0. The monoisotopic (exact) mass is 316 g/mol. The van der Waals surface area contributed by atoms with Gasteiger partial charge in [-0.2, -0.15) is 4.99 Å². The molecular weight excluding hydrogens is 304 g/mol. The Labute approximate surface area is 137 Å². The predicted molar refractivity (Wildman–Crippen MR) is 92.7 cm³/mol. The lowest BCUT2D eigenvalue weighted by atomic mass is 10.1. The summed E-state index contributed by atoms with van der Waals surface area (Å²) in [6.07, 6.45) is 0. The summed E-state index contributed by atoms with van der Waals surface area (Å²) < 4.78 is 0. The van der Waals surface area contributed by atoms with Gasteiger partial charge in [-0.1, -0.05) is 42.5 Å². The summed E-state index contributed by atoms with van der Waals surface area (Å²) in [5.74, 6) is 0.0175. The predicted octanol–water partition coefficient (Wildman–Crippen LogP) is 3.09. The van der Waals surface area contributed by atoms with Crippen molar-refractivity contribution < 1.29 is 9.59 Å². The maximum atomic E-state index is 12.5. The van der Waals surface area contributed by atoms with E-state index in [0.29, 0.717) is 11.5 Å². The first-order chi connectivity index (χ1) is 11.6. The quantitative estimate of drug-likeness (QED) is 0.854. The molecule has 2 heterocycles. The third-order valence-electron chi connectivity index (χ3n) is 3.78. The number of rotatable bonds is 2. The fraction of sp³-hybridized carbons (Fsp3) is 0.0556. The van der Waals surface area contributed by atoms with Gasteiger partial charge in [0.1, 0.15) is 5.84 Å². The van der Waals surface area contributed by atoms with Crippen LogP contribution in [0.3, 0.4) is 0 Å². The van der Waals surface area contributed by atoms with Crippen LogP contribution in [0.5, 0.6) is 0 Å². The molecule has 0 saturated carbocycles. The average Bonchev–Trinajstić information content (AvgIpc) is 2.97. The first-order valence-electron chi connectivity index (χ1n) is 7.40. The molecule has 4 rings (SSSR count). The summed E-state index contributed by atoms with van der Waals surface area (Å²) in [4.78, 5) is 37.7. The van der Waals surface area contributed by atoms with Crippen LogP contribution in [-0.4, -0.2) is 29.3 Å². The Morgan fingerprint density at radius 2 is 1.46 bits per heavy atom. The highest BCUT2D eigenvalue weighted by atomic mass is 16.2. The molecule has 0 N–H and O–H groups in total. The van der Waals surface area contributed by atoms with Crippen LogP contribution in [0.25, 0.3) is 11.1 Å². The number of hydrogen-bond acceptors (Lipinski definition) is 4. The van der Waals surface area contributed by atoms with Crippen molar-refractivity contribution in [1.82, 2.24) is 0 Å². The first-order valence-corrected chi connectivity index (χ1v) is 7.40. The van der Waals surface area contributed by atoms with Crippen molar-refractivity contribution in [2.24, 2.45) is 15.0 Å². The second-order valence-electron chi connectivity index (χ2n) is 5.39. The maximum Gasteiger partial charge on any atom is 0.357 e. The van der Waals surface area contributed by atoms with Crippen LogP contribution in [0.15, 0.2) is 69.6 Å². The molecule has 0 radical (unpaired) electrons. The minimum absolute atomic E-state index is 0.0969. The zero-order valence-corrected chi connectivity index (χ0v) is 12.8. The molecule has 0 unspecified atom stereocenters. The van der Waals surface area contributed by atoms with E-state index in [4.69, 9.17) is 0 Å². The Hall–Kier alpha value is -3.41. The summed E-state index contributed by atoms with van der Waals surface area (Å²) in [5.41, 5.74) is 2.63. The molecule has 2 aliphatic rings. The molecule has 0 fully saturated rings. The lowest BCUT2D eigenvalue weighted by Gasteiger charge is -2.22. The molecule has 3 amide bonds. The minimum Gasteiger partial charge on any atom is -0.266 e. The molecule has 0 saturated heterocycles. The number of amides is 3. The number of imide groups is 1. The van der Waals surface area contributed by atoms with Gasteiger partial charge in [0.05, 0.1) is 5.69 Å². The number of aliphatic imine (C=N–C) groups is 3. The number of carbonyl (C=O) groups excluding carboxylic acids is 2. The van der Waals surface area contributed by atoms with E-state index >= 15 is 0 Å². The molecule has 0 aromatic heterocycles. The van der Waals surface area contributed by atoms with Crippen LogP contribution in [0.1, 0.15) is 6.92 Å². The first kappa shape index (κ1) is 14.2. The van der Waals surface area contributed by atoms with E-state index in [1.165, 1.54) is 0 Å². The number of fused-ring (bicyclic) bond motifs is 1. The van der Waals surface area contributed by atoms with Gasteiger partial charge >= 0.3 is 6.03 Å². The third-order valence-corrected chi connectivity index (χ3v) is 3.78. The third kappa shape index (κ3) is 2.25. The van der Waals surface area contributed by atoms with E-state index in [0.717, 1.165) is 16.0 Å². The van der Waals surface area contributed by atoms with E-state index in [1.807, 2.05) is 42.5 Å². The van der Waals surface area contributed by atoms with Crippen molar-refractivity contribution in [3.63, 3.8) is 0 Å². The van der Waals surface area contributed by atoms with Crippen LogP contribution >= 0.6 is 0 Å². The van der Waals surface area contributed by atoms with Gasteiger partial charge < -0.3 is 0 Å². The van der Waals surface area contributed by atoms with E-state index in [9.17, 15) is 9.59 Å². The summed E-state index contributed by atoms with van der Waals surface area (Å²) >= 11 is 0. The van der Waals surface area contributed by atoms with Crippen LogP contribution in [0.2, 0.25) is 0 Å². The highest BCUT2D eigenvalue weighted by Crippen LogP contribution is 2.25. The molecule has 116 valence electrons. The standard InChI is InChI=1S/C18H12N4O2/c1-11-19-15-16(20-11)21-18(24)22(17(15)23)14-9-7-13(8-10-14)12-5-3-2-4-6-12/h2-10H,1H3. The zero-order valence-electron chi connectivity index (χ0n) is 12.8. The average molecular weight is 316 g/mol. The van der Waals surface area contributed by atoms with Gasteiger partial charge in [-0.25, -0.2) is 19.7 Å². The van der Waals surface area contributed by atoms with Gasteiger partial charge in [-0.15, -0.1) is 0 Å². The summed E-state index contributed by atoms with van der Waals surface area (Å²) in [5, 5.41) is 0. The highest BCUT2D eigenvalue weighted by Gasteiger charge is 2.37. The smallest absolute Gasteiger partial charge is 0.266 e. The minimum atomic E-state index is -0.653. The lowest BCUT2D eigenvalue weighted by molar-refractivity contribution is -0.111. The molecule has 0 aliphatic carbocycles. The topological polar surface area (TPSA) is 74.5 Å². The number of benzene rings is 2. The van der Waals surface area contributed by atoms with Crippen molar-refractivity contribution in [2.45, 2.75) is 6.92 Å². The van der Waals surface area contributed by atoms with Gasteiger partial charge in [0, 0.05) is 0 Å². The SMILES string of the molecule is CC1=NC2=NC(=O)N(c3ccc(-c4ccccc4)cc3)C(=O)C2=N1. The second kappa shape index (κ2) is 5.34. The maximum absolute atomic E-state index is 12.5. The number of hydrogen-bond donors (Lipinski definition) is 0. The molecule has 2 aliphatic heterocycles. The fourth-order valence-corrected chi connectivity index (χ4v) is 2.66. The second-order valence-corrected chi connectivity index (χ2v) is 5.39. The molecule has 0 atom stereocenters. The number of amidine groups is 2. The van der Waals surface area contributed by atoms with Crippen molar-refractivity contribution in [3.05, 3.63) is 54.6 Å². The molecule has 2 aromatic rings. The Morgan fingerprint density at radius 1 is 0.792 bits per heavy atom. The Bertz CT molecular complexity index is 941. The van der Waals surface area contributed by atoms with Gasteiger partial charge in [-0.05, 0) is 30.2 Å². The van der Waals surface area contributed by atoms with Gasteiger partial charge in [0.2, 0.25) is 0 Å². The zero-order chi connectivity index (χ0) is 16.7. The van der Waals surface area contributed by atoms with Crippen LogP contribution in [0, 0.1) is 0 Å². The molecule has 2 aromatic carbocycles. The van der Waals surface area contributed by atoms with E-state index in [1.54, 1.807) is 19.1 Å². The van der Waals surface area contributed by atoms with Crippen LogP contribution in [0.4, 0.5) is 10.5 Å².